The standard InChI is InChI=1S/C18H12N4S2/c1-10-19-11-8-13-14(9-12(11)20-10)22-18(16-5-3-7-24-16)17(21-13)15-4-2-6-23-15/h2-9,21H,1H3. The van der Waals surface area contributed by atoms with Gasteiger partial charge in [-0.25, -0.2) is 15.0 Å². The molecule has 5 aromatic rings. The highest BCUT2D eigenvalue weighted by molar-refractivity contribution is 7.14. The highest BCUT2D eigenvalue weighted by Gasteiger charge is 2.14. The fourth-order valence-corrected chi connectivity index (χ4v) is 4.32. The van der Waals surface area contributed by atoms with Crippen molar-refractivity contribution in [3.63, 3.8) is 0 Å². The molecule has 0 aliphatic rings. The molecular formula is C18H12N4S2. The van der Waals surface area contributed by atoms with Crippen LogP contribution in [0.2, 0.25) is 0 Å². The highest BCUT2D eigenvalue weighted by Crippen LogP contribution is 2.35. The molecule has 4 nitrogen and oxygen atoms in total. The number of aromatic nitrogens is 4. The highest BCUT2D eigenvalue weighted by atomic mass is 32.1. The molecule has 0 spiro atoms. The van der Waals surface area contributed by atoms with Crippen LogP contribution in [0.15, 0.2) is 47.2 Å². The Labute approximate surface area is 145 Å². The number of nitrogens with zero attached hydrogens (tertiary/aromatic N) is 3. The Kier molecular flexibility index (Phi) is 3.01. The Morgan fingerprint density at radius 2 is 1.54 bits per heavy atom. The van der Waals surface area contributed by atoms with E-state index in [4.69, 9.17) is 4.98 Å². The van der Waals surface area contributed by atoms with Gasteiger partial charge in [0, 0.05) is 0 Å². The van der Waals surface area contributed by atoms with Gasteiger partial charge in [0.25, 0.3) is 0 Å². The van der Waals surface area contributed by atoms with E-state index in [2.05, 4.69) is 50.0 Å². The van der Waals surface area contributed by atoms with Crippen LogP contribution in [0.1, 0.15) is 5.82 Å². The zero-order valence-corrected chi connectivity index (χ0v) is 14.4. The number of fused-ring (bicyclic) bond motifs is 2. The van der Waals surface area contributed by atoms with E-state index in [9.17, 15) is 0 Å². The molecule has 5 rings (SSSR count). The molecule has 0 unspecified atom stereocenters. The number of rotatable bonds is 2. The first-order valence-corrected chi connectivity index (χ1v) is 9.30. The summed E-state index contributed by atoms with van der Waals surface area (Å²) in [6.07, 6.45) is 0. The van der Waals surface area contributed by atoms with Crippen molar-refractivity contribution in [1.29, 1.82) is 0 Å². The molecule has 4 aromatic heterocycles. The number of benzene rings is 1. The molecule has 1 N–H and O–H groups in total. The third-order valence-electron chi connectivity index (χ3n) is 3.91. The van der Waals surface area contributed by atoms with Gasteiger partial charge in [-0.1, -0.05) is 12.1 Å². The summed E-state index contributed by atoms with van der Waals surface area (Å²) in [7, 11) is 0. The molecule has 0 saturated carbocycles. The Bertz CT molecular complexity index is 1060. The summed E-state index contributed by atoms with van der Waals surface area (Å²) in [5, 5.41) is 4.16. The fraction of sp³-hybridized carbons (Fsp3) is 0.0556. The molecule has 0 amide bonds. The largest absolute Gasteiger partial charge is 0.351 e. The van der Waals surface area contributed by atoms with E-state index in [1.165, 1.54) is 4.88 Å². The monoisotopic (exact) mass is 348 g/mol. The summed E-state index contributed by atoms with van der Waals surface area (Å²) in [5.74, 6) is 0.789. The third kappa shape index (κ3) is 2.15. The van der Waals surface area contributed by atoms with Gasteiger partial charge in [-0.05, 0) is 41.9 Å². The van der Waals surface area contributed by atoms with Crippen LogP contribution in [0.3, 0.4) is 0 Å². The van der Waals surface area contributed by atoms with Gasteiger partial charge in [-0.15, -0.1) is 22.7 Å². The van der Waals surface area contributed by atoms with Crippen LogP contribution in [0.25, 0.3) is 43.2 Å². The second-order valence-electron chi connectivity index (χ2n) is 5.54. The molecule has 6 heteroatoms. The van der Waals surface area contributed by atoms with Crippen molar-refractivity contribution in [2.75, 3.05) is 0 Å². The van der Waals surface area contributed by atoms with E-state index in [1.54, 1.807) is 22.7 Å². The summed E-state index contributed by atoms with van der Waals surface area (Å²) in [6, 6.07) is 12.4. The van der Waals surface area contributed by atoms with Gasteiger partial charge in [0.05, 0.1) is 37.5 Å². The summed E-state index contributed by atoms with van der Waals surface area (Å²) in [4.78, 5) is 19.8. The van der Waals surface area contributed by atoms with Crippen molar-refractivity contribution in [3.05, 3.63) is 53.0 Å². The Hall–Kier alpha value is -2.57. The predicted octanol–water partition coefficient (Wildman–Crippen LogP) is 5.27. The van der Waals surface area contributed by atoms with Crippen molar-refractivity contribution < 1.29 is 0 Å². The minimum atomic E-state index is 0.789. The van der Waals surface area contributed by atoms with Gasteiger partial charge in [-0.2, -0.15) is 0 Å². The van der Waals surface area contributed by atoms with Crippen molar-refractivity contribution in [2.24, 2.45) is 0 Å². The van der Waals surface area contributed by atoms with Gasteiger partial charge < -0.3 is 4.98 Å². The van der Waals surface area contributed by atoms with Crippen LogP contribution in [-0.2, 0) is 0 Å². The number of aromatic amines is 1. The molecule has 0 aliphatic heterocycles. The van der Waals surface area contributed by atoms with Crippen LogP contribution in [0.4, 0.5) is 0 Å². The average Bonchev–Trinajstić information content (AvgIpc) is 3.31. The first-order valence-electron chi connectivity index (χ1n) is 7.54. The van der Waals surface area contributed by atoms with Gasteiger partial charge in [0.15, 0.2) is 0 Å². The van der Waals surface area contributed by atoms with E-state index in [0.29, 0.717) is 0 Å². The van der Waals surface area contributed by atoms with Crippen molar-refractivity contribution in [2.45, 2.75) is 6.92 Å². The second-order valence-corrected chi connectivity index (χ2v) is 7.44. The number of thiophene rings is 2. The van der Waals surface area contributed by atoms with E-state index < -0.39 is 0 Å². The summed E-state index contributed by atoms with van der Waals surface area (Å²) in [5.41, 5.74) is 5.71. The third-order valence-corrected chi connectivity index (χ3v) is 5.67. The van der Waals surface area contributed by atoms with E-state index in [1.807, 2.05) is 19.1 Å². The number of imidazole rings is 1. The fourth-order valence-electron chi connectivity index (χ4n) is 2.87. The number of nitrogens with one attached hydrogen (secondary N) is 1. The van der Waals surface area contributed by atoms with Gasteiger partial charge in [0.2, 0.25) is 0 Å². The molecule has 0 atom stereocenters. The van der Waals surface area contributed by atoms with E-state index in [0.717, 1.165) is 44.2 Å². The number of hydrogen-bond acceptors (Lipinski definition) is 5. The van der Waals surface area contributed by atoms with Crippen molar-refractivity contribution in [3.8, 4) is 21.1 Å². The van der Waals surface area contributed by atoms with Crippen LogP contribution in [-0.4, -0.2) is 19.9 Å². The molecule has 4 heterocycles. The Morgan fingerprint density at radius 3 is 2.25 bits per heavy atom. The second kappa shape index (κ2) is 5.22. The molecule has 0 fully saturated rings. The molecule has 116 valence electrons. The maximum Gasteiger partial charge on any atom is 0.126 e. The van der Waals surface area contributed by atoms with Crippen LogP contribution < -0.4 is 0 Å². The van der Waals surface area contributed by atoms with Crippen molar-refractivity contribution >= 4 is 44.7 Å². The zero-order chi connectivity index (χ0) is 16.1. The summed E-state index contributed by atoms with van der Waals surface area (Å²) in [6.45, 7) is 1.91. The molecular weight excluding hydrogens is 336 g/mol. The maximum atomic E-state index is 4.95. The summed E-state index contributed by atoms with van der Waals surface area (Å²) >= 11 is 3.41. The smallest absolute Gasteiger partial charge is 0.126 e. The molecule has 24 heavy (non-hydrogen) atoms. The van der Waals surface area contributed by atoms with Crippen molar-refractivity contribution in [1.82, 2.24) is 19.9 Å². The molecule has 0 saturated heterocycles. The van der Waals surface area contributed by atoms with Crippen LogP contribution in [0, 0.1) is 6.92 Å². The normalized spacial score (nSPS) is 11.5. The van der Waals surface area contributed by atoms with Gasteiger partial charge >= 0.3 is 0 Å². The van der Waals surface area contributed by atoms with E-state index >= 15 is 0 Å². The van der Waals surface area contributed by atoms with Crippen LogP contribution >= 0.6 is 22.7 Å². The molecule has 0 bridgehead atoms. The predicted molar refractivity (Wildman–Crippen MR) is 101 cm³/mol. The van der Waals surface area contributed by atoms with Gasteiger partial charge in [0.1, 0.15) is 11.5 Å². The maximum absolute atomic E-state index is 4.95. The van der Waals surface area contributed by atoms with E-state index in [-0.39, 0.29) is 0 Å². The minimum absolute atomic E-state index is 0.789. The lowest BCUT2D eigenvalue weighted by Crippen LogP contribution is -1.93. The lowest BCUT2D eigenvalue weighted by Gasteiger charge is -2.09. The number of aryl methyl sites for hydroxylation is 1. The molecule has 1 aromatic carbocycles. The lowest BCUT2D eigenvalue weighted by atomic mass is 10.2. The first kappa shape index (κ1) is 13.8. The van der Waals surface area contributed by atoms with Gasteiger partial charge in [-0.3, -0.25) is 0 Å². The topological polar surface area (TPSA) is 54.5 Å². The minimum Gasteiger partial charge on any atom is -0.351 e. The average molecular weight is 348 g/mol. The number of hydrogen-bond donors (Lipinski definition) is 1. The SMILES string of the molecule is Cc1nc2cc3nc(-c4cccs4)c(-c4cccs4)[nH]c3cc2n1. The Balaban J connectivity index is 1.86. The molecule has 0 aliphatic carbocycles. The zero-order valence-electron chi connectivity index (χ0n) is 12.8. The van der Waals surface area contributed by atoms with Crippen LogP contribution in [0.5, 0.6) is 0 Å². The first-order chi connectivity index (χ1) is 11.8. The quantitative estimate of drug-likeness (QED) is 0.473. The lowest BCUT2D eigenvalue weighted by molar-refractivity contribution is 1.17. The Morgan fingerprint density at radius 1 is 0.833 bits per heavy atom. The molecule has 0 radical (unpaired) electrons. The number of H-pyrrole nitrogens is 1. The summed E-state index contributed by atoms with van der Waals surface area (Å²) < 4.78 is 0.